The zero-order chi connectivity index (χ0) is 24.8. The molecular weight excluding hydrogens is 456 g/mol. The average Bonchev–Trinajstić information content (AvgIpc) is 2.68. The molecule has 33 heavy (non-hydrogen) atoms. The second-order valence-electron chi connectivity index (χ2n) is 7.07. The van der Waals surface area contributed by atoms with E-state index in [-0.39, 0.29) is 11.4 Å². The van der Waals surface area contributed by atoms with Crippen LogP contribution in [0.1, 0.15) is 11.1 Å². The van der Waals surface area contributed by atoms with Crippen LogP contribution in [-0.4, -0.2) is 22.6 Å². The van der Waals surface area contributed by atoms with Gasteiger partial charge in [-0.05, 0) is 42.0 Å². The van der Waals surface area contributed by atoms with Crippen LogP contribution in [0.2, 0.25) is 0 Å². The summed E-state index contributed by atoms with van der Waals surface area (Å²) in [6.07, 6.45) is -12.0. The van der Waals surface area contributed by atoms with Gasteiger partial charge in [-0.2, -0.15) is 26.3 Å². The van der Waals surface area contributed by atoms with Gasteiger partial charge in [-0.15, -0.1) is 0 Å². The fraction of sp³-hybridized carbons (Fsp3) is 0.143. The van der Waals surface area contributed by atoms with E-state index in [0.717, 1.165) is 6.07 Å². The lowest BCUT2D eigenvalue weighted by Crippen LogP contribution is -2.55. The number of nitrogen functional groups attached to an aromatic ring is 3. The highest BCUT2D eigenvalue weighted by Crippen LogP contribution is 2.60. The first-order valence-corrected chi connectivity index (χ1v) is 9.08. The number of rotatable bonds is 4. The largest absolute Gasteiger partial charge is 0.506 e. The molecule has 0 heterocycles. The van der Waals surface area contributed by atoms with Gasteiger partial charge in [0.05, 0.1) is 5.69 Å². The molecule has 0 fully saturated rings. The highest BCUT2D eigenvalue weighted by atomic mass is 19.4. The molecule has 176 valence electrons. The van der Waals surface area contributed by atoms with Gasteiger partial charge in [-0.1, -0.05) is 12.1 Å². The van der Waals surface area contributed by atoms with Gasteiger partial charge < -0.3 is 32.2 Å². The zero-order valence-corrected chi connectivity index (χ0v) is 16.5. The molecule has 0 radical (unpaired) electrons. The molecule has 6 nitrogen and oxygen atoms in total. The maximum absolute atomic E-state index is 14.5. The van der Waals surface area contributed by atoms with Crippen LogP contribution in [0.4, 0.5) is 43.4 Å². The minimum absolute atomic E-state index is 0.108. The lowest BCUT2D eigenvalue weighted by molar-refractivity contribution is -0.288. The smallest absolute Gasteiger partial charge is 0.411 e. The van der Waals surface area contributed by atoms with Crippen molar-refractivity contribution in [3.05, 3.63) is 65.7 Å². The van der Waals surface area contributed by atoms with E-state index in [2.05, 4.69) is 0 Å². The Bertz CT molecular complexity index is 1180. The Morgan fingerprint density at radius 2 is 1.33 bits per heavy atom. The van der Waals surface area contributed by atoms with Crippen molar-refractivity contribution < 1.29 is 41.3 Å². The molecule has 0 bridgehead atoms. The molecule has 3 rings (SSSR count). The van der Waals surface area contributed by atoms with Gasteiger partial charge in [0.2, 0.25) is 5.41 Å². The monoisotopic (exact) mass is 473 g/mol. The van der Waals surface area contributed by atoms with Gasteiger partial charge in [-0.3, -0.25) is 0 Å². The minimum atomic E-state index is -5.99. The molecule has 0 spiro atoms. The van der Waals surface area contributed by atoms with Crippen molar-refractivity contribution >= 4 is 17.1 Å². The number of phenolic OH excluding ortho intramolecular Hbond substituents is 2. The third kappa shape index (κ3) is 3.88. The molecule has 0 saturated carbocycles. The Morgan fingerprint density at radius 1 is 0.727 bits per heavy atom. The van der Waals surface area contributed by atoms with Crippen LogP contribution in [-0.2, 0) is 5.41 Å². The lowest BCUT2D eigenvalue weighted by atomic mass is 9.72. The minimum Gasteiger partial charge on any atom is -0.506 e. The van der Waals surface area contributed by atoms with Crippen LogP contribution >= 0.6 is 0 Å². The van der Waals surface area contributed by atoms with E-state index in [1.165, 1.54) is 18.2 Å². The van der Waals surface area contributed by atoms with Crippen LogP contribution in [0.15, 0.2) is 54.6 Å². The van der Waals surface area contributed by atoms with Crippen LogP contribution in [0.25, 0.3) is 0 Å². The molecule has 3 aromatic rings. The first-order valence-electron chi connectivity index (χ1n) is 9.08. The number of nitrogens with two attached hydrogens (primary N) is 3. The molecule has 0 unspecified atom stereocenters. The summed E-state index contributed by atoms with van der Waals surface area (Å²) in [7, 11) is 0. The van der Waals surface area contributed by atoms with Gasteiger partial charge >= 0.3 is 12.4 Å². The van der Waals surface area contributed by atoms with Crippen LogP contribution in [0.3, 0.4) is 0 Å². The maximum Gasteiger partial charge on any atom is 0.411 e. The third-order valence-corrected chi connectivity index (χ3v) is 4.97. The van der Waals surface area contributed by atoms with Gasteiger partial charge in [0, 0.05) is 17.3 Å². The predicted octanol–water partition coefficient (Wildman–Crippen LogP) is 5.05. The topological polar surface area (TPSA) is 128 Å². The Morgan fingerprint density at radius 3 is 1.88 bits per heavy atom. The second kappa shape index (κ2) is 7.87. The Balaban J connectivity index is 2.45. The van der Waals surface area contributed by atoms with Crippen molar-refractivity contribution in [2.75, 3.05) is 17.2 Å². The van der Waals surface area contributed by atoms with Gasteiger partial charge in [0.1, 0.15) is 22.9 Å². The van der Waals surface area contributed by atoms with E-state index < -0.39 is 57.5 Å². The molecule has 0 atom stereocenters. The molecule has 0 amide bonds. The molecule has 0 aliphatic carbocycles. The molecule has 0 aromatic heterocycles. The number of aromatic hydroxyl groups is 2. The number of ether oxygens (including phenoxy) is 1. The van der Waals surface area contributed by atoms with Gasteiger partial charge in [0.15, 0.2) is 5.75 Å². The van der Waals surface area contributed by atoms with Crippen LogP contribution in [0.5, 0.6) is 23.0 Å². The fourth-order valence-corrected chi connectivity index (χ4v) is 3.43. The molecule has 0 aliphatic rings. The highest BCUT2D eigenvalue weighted by molar-refractivity contribution is 5.70. The molecule has 0 aliphatic heterocycles. The summed E-state index contributed by atoms with van der Waals surface area (Å²) in [5, 5.41) is 19.5. The summed E-state index contributed by atoms with van der Waals surface area (Å²) in [6, 6.07) is 7.56. The summed E-state index contributed by atoms with van der Waals surface area (Å²) in [5.74, 6) is -2.82. The van der Waals surface area contributed by atoms with Crippen molar-refractivity contribution in [1.82, 2.24) is 0 Å². The van der Waals surface area contributed by atoms with Crippen molar-refractivity contribution in [2.45, 2.75) is 17.8 Å². The summed E-state index contributed by atoms with van der Waals surface area (Å²) in [5.41, 5.74) is 7.74. The maximum atomic E-state index is 14.5. The Kier molecular flexibility index (Phi) is 5.65. The van der Waals surface area contributed by atoms with E-state index >= 15 is 0 Å². The lowest BCUT2D eigenvalue weighted by Gasteiger charge is -2.39. The SMILES string of the molecule is Nc1cccc(Oc2c(C(c3ccc(O)c(N)c3)(C(F)(F)F)C(F)(F)F)ccc(O)c2N)c1. The van der Waals surface area contributed by atoms with E-state index in [4.69, 9.17) is 21.9 Å². The number of hydrogen-bond acceptors (Lipinski definition) is 6. The fourth-order valence-electron chi connectivity index (χ4n) is 3.43. The molecule has 0 saturated heterocycles. The quantitative estimate of drug-likeness (QED) is 0.205. The van der Waals surface area contributed by atoms with Crippen LogP contribution in [0, 0.1) is 0 Å². The molecular formula is C21H17F6N3O3. The standard InChI is InChI=1S/C21H17F6N3O3/c22-20(23,24)19(21(25,26)27,10-4-6-15(31)14(29)8-10)13-5-7-16(32)17(30)18(13)33-12-3-1-2-11(28)9-12/h1-9,31-32H,28-30H2. The van der Waals surface area contributed by atoms with E-state index in [1.54, 1.807) is 0 Å². The highest BCUT2D eigenvalue weighted by Gasteiger charge is 2.73. The number of phenols is 2. The predicted molar refractivity (Wildman–Crippen MR) is 109 cm³/mol. The Labute approximate surface area is 182 Å². The summed E-state index contributed by atoms with van der Waals surface area (Å²) >= 11 is 0. The van der Waals surface area contributed by atoms with E-state index in [1.807, 2.05) is 0 Å². The summed E-state index contributed by atoms with van der Waals surface area (Å²) in [6.45, 7) is 0. The van der Waals surface area contributed by atoms with E-state index in [0.29, 0.717) is 30.3 Å². The zero-order valence-electron chi connectivity index (χ0n) is 16.5. The molecule has 12 heteroatoms. The Hall–Kier alpha value is -3.96. The summed E-state index contributed by atoms with van der Waals surface area (Å²) in [4.78, 5) is 0. The number of benzene rings is 3. The third-order valence-electron chi connectivity index (χ3n) is 4.97. The van der Waals surface area contributed by atoms with Crippen molar-refractivity contribution in [3.63, 3.8) is 0 Å². The number of anilines is 3. The number of alkyl halides is 6. The number of hydrogen-bond donors (Lipinski definition) is 5. The first kappa shape index (κ1) is 23.7. The van der Waals surface area contributed by atoms with Gasteiger partial charge in [0.25, 0.3) is 0 Å². The van der Waals surface area contributed by atoms with Crippen molar-refractivity contribution in [2.24, 2.45) is 0 Å². The summed E-state index contributed by atoms with van der Waals surface area (Å²) < 4.78 is 92.3. The molecule has 8 N–H and O–H groups in total. The van der Waals surface area contributed by atoms with Crippen molar-refractivity contribution in [3.8, 4) is 23.0 Å². The average molecular weight is 473 g/mol. The number of halogens is 6. The second-order valence-corrected chi connectivity index (χ2v) is 7.07. The molecule has 3 aromatic carbocycles. The first-order chi connectivity index (χ1) is 15.2. The normalized spacial score (nSPS) is 12.5. The van der Waals surface area contributed by atoms with Gasteiger partial charge in [-0.25, -0.2) is 0 Å². The van der Waals surface area contributed by atoms with Crippen LogP contribution < -0.4 is 21.9 Å². The van der Waals surface area contributed by atoms with Crippen molar-refractivity contribution in [1.29, 1.82) is 0 Å². The van der Waals surface area contributed by atoms with E-state index in [9.17, 15) is 36.6 Å².